The van der Waals surface area contributed by atoms with E-state index in [-0.39, 0.29) is 85.0 Å². The maximum atomic E-state index is 13.0. The van der Waals surface area contributed by atoms with E-state index in [0.29, 0.717) is 56.3 Å². The van der Waals surface area contributed by atoms with Crippen LogP contribution in [0.4, 0.5) is 9.59 Å². The number of likely N-dealkylation sites (tertiary alicyclic amines) is 2. The lowest BCUT2D eigenvalue weighted by Gasteiger charge is -2.43. The van der Waals surface area contributed by atoms with E-state index in [9.17, 15) is 47.9 Å². The Labute approximate surface area is 512 Å². The first kappa shape index (κ1) is 66.1. The standard InChI is InChI=1S/C30H41N5O8.C20H22ClN3O6.C10H20N2O2/c1-19-16-34(29(40)43-30(2,3)4)12-11-33(19)10-9-32-17-21(18-32)42-14-13-41-20-5-6-22-23(15-20)28(39)35(27(22)38)24-7-8-25(36)31-26(24)37;21-5-6-23-10-13(11-23)30-8-7-29-12-1-2-14-15(9-12)20(28)24(19(14)27)16-3-4-17(25)22-18(16)26;1-8-7-12(6-5-11-8)9(13)14-10(2,3)4/h5-6,15,19,21,24H,7-14,16-18H2,1-4H3,(H,31,36,37);1-2,9,13,16H,3-8,10-11H2,(H,22,25,26);8,11H,5-7H2,1-4H3/t19-,24?;;8-/m0.0/s1. The maximum absolute atomic E-state index is 13.0. The molecule has 8 heterocycles. The molecule has 26 nitrogen and oxygen atoms in total. The van der Waals surface area contributed by atoms with Gasteiger partial charge in [0.05, 0.1) is 47.7 Å². The molecule has 2 aromatic rings. The zero-order chi connectivity index (χ0) is 62.9. The van der Waals surface area contributed by atoms with Gasteiger partial charge in [0.2, 0.25) is 23.6 Å². The average molecular weight is 1240 g/mol. The number of rotatable bonds is 17. The molecule has 0 bridgehead atoms. The van der Waals surface area contributed by atoms with Crippen LogP contribution in [0.2, 0.25) is 0 Å². The number of nitrogens with zero attached hydrogens (tertiary/aromatic N) is 7. The summed E-state index contributed by atoms with van der Waals surface area (Å²) in [5, 5.41) is 7.65. The van der Waals surface area contributed by atoms with E-state index >= 15 is 0 Å². The first-order valence-corrected chi connectivity index (χ1v) is 30.4. The van der Waals surface area contributed by atoms with E-state index in [4.69, 9.17) is 40.0 Å². The van der Waals surface area contributed by atoms with Crippen molar-refractivity contribution in [1.29, 1.82) is 0 Å². The number of ether oxygens (including phenoxy) is 6. The van der Waals surface area contributed by atoms with Gasteiger partial charge in [-0.15, -0.1) is 11.6 Å². The van der Waals surface area contributed by atoms with Gasteiger partial charge < -0.3 is 43.5 Å². The highest BCUT2D eigenvalue weighted by atomic mass is 35.5. The van der Waals surface area contributed by atoms with Crippen LogP contribution in [0.5, 0.6) is 11.5 Å². The molecule has 87 heavy (non-hydrogen) atoms. The van der Waals surface area contributed by atoms with Crippen molar-refractivity contribution in [3.8, 4) is 11.5 Å². The third-order valence-corrected chi connectivity index (χ3v) is 15.8. The largest absolute Gasteiger partial charge is 0.491 e. The summed E-state index contributed by atoms with van der Waals surface area (Å²) in [6, 6.07) is 7.95. The van der Waals surface area contributed by atoms with E-state index in [1.165, 1.54) is 24.3 Å². The minimum Gasteiger partial charge on any atom is -0.491 e. The van der Waals surface area contributed by atoms with Crippen molar-refractivity contribution in [2.45, 2.75) is 129 Å². The molecule has 8 aliphatic rings. The number of hydrogen-bond acceptors (Lipinski definition) is 20. The van der Waals surface area contributed by atoms with Gasteiger partial charge in [0, 0.05) is 116 Å². The molecule has 6 saturated heterocycles. The third kappa shape index (κ3) is 17.5. The van der Waals surface area contributed by atoms with Crippen LogP contribution in [0.3, 0.4) is 0 Å². The summed E-state index contributed by atoms with van der Waals surface area (Å²) >= 11 is 5.69. The number of halogens is 1. The van der Waals surface area contributed by atoms with E-state index in [0.717, 1.165) is 81.8 Å². The van der Waals surface area contributed by atoms with Crippen molar-refractivity contribution in [3.63, 3.8) is 0 Å². The Morgan fingerprint density at radius 2 is 1.00 bits per heavy atom. The lowest BCUT2D eigenvalue weighted by Crippen LogP contribution is -2.58. The van der Waals surface area contributed by atoms with Crippen LogP contribution in [0.25, 0.3) is 0 Å². The lowest BCUT2D eigenvalue weighted by atomic mass is 10.0. The van der Waals surface area contributed by atoms with Crippen molar-refractivity contribution in [2.24, 2.45) is 0 Å². The highest BCUT2D eigenvalue weighted by molar-refractivity contribution is 6.24. The van der Waals surface area contributed by atoms with Crippen molar-refractivity contribution >= 4 is 71.0 Å². The van der Waals surface area contributed by atoms with Gasteiger partial charge in [-0.3, -0.25) is 73.5 Å². The lowest BCUT2D eigenvalue weighted by molar-refractivity contribution is -0.137. The quantitative estimate of drug-likeness (QED) is 0.117. The summed E-state index contributed by atoms with van der Waals surface area (Å²) < 4.78 is 33.9. The minimum atomic E-state index is -0.998. The molecule has 0 aliphatic carbocycles. The monoisotopic (exact) mass is 1230 g/mol. The molecular weight excluding hydrogens is 1150 g/mol. The van der Waals surface area contributed by atoms with Crippen LogP contribution < -0.4 is 25.4 Å². The SMILES string of the molecule is C[C@H]1CN(C(=O)OC(C)(C)C)CCN1.C[C@H]1CN(C(=O)OC(C)(C)C)CCN1CCN1CC(OCCOc2ccc3c(c2)C(=O)N(C2CCC(=O)NC2=O)C3=O)C1.O=C1CCC(N2C(=O)c3ccc(OCCOC4CN(CCCl)C4)cc3C2=O)C(=O)N1. The van der Waals surface area contributed by atoms with Crippen LogP contribution in [0, 0.1) is 0 Å². The molecule has 8 aliphatic heterocycles. The fourth-order valence-corrected chi connectivity index (χ4v) is 11.3. The first-order valence-electron chi connectivity index (χ1n) is 29.9. The van der Waals surface area contributed by atoms with Crippen molar-refractivity contribution in [1.82, 2.24) is 50.2 Å². The highest BCUT2D eigenvalue weighted by Crippen LogP contribution is 2.32. The number of benzene rings is 2. The molecular formula is C60H83ClN10O16. The third-order valence-electron chi connectivity index (χ3n) is 15.6. The number of nitrogens with one attached hydrogen (secondary N) is 3. The maximum Gasteiger partial charge on any atom is 0.410 e. The van der Waals surface area contributed by atoms with Gasteiger partial charge in [-0.1, -0.05) is 0 Å². The molecule has 3 N–H and O–H groups in total. The van der Waals surface area contributed by atoms with E-state index in [2.05, 4.69) is 44.5 Å². The van der Waals surface area contributed by atoms with E-state index in [1.54, 1.807) is 21.9 Å². The molecule has 10 amide bonds. The van der Waals surface area contributed by atoms with Crippen LogP contribution in [-0.2, 0) is 38.1 Å². The van der Waals surface area contributed by atoms with Gasteiger partial charge in [-0.05, 0) is 105 Å². The molecule has 4 atom stereocenters. The molecule has 2 unspecified atom stereocenters. The Kier molecular flexibility index (Phi) is 22.1. The van der Waals surface area contributed by atoms with Crippen molar-refractivity contribution in [3.05, 3.63) is 58.7 Å². The second kappa shape index (κ2) is 29.0. The molecule has 0 spiro atoms. The second-order valence-corrected chi connectivity index (χ2v) is 25.2. The Hall–Kier alpha value is -6.81. The Balaban J connectivity index is 0.000000192. The number of piperidine rings is 2. The molecule has 10 rings (SSSR count). The normalized spacial score (nSPS) is 23.1. The Bertz CT molecular complexity index is 2910. The molecule has 476 valence electrons. The summed E-state index contributed by atoms with van der Waals surface area (Å²) in [5.41, 5.74) is -0.0747. The first-order chi connectivity index (χ1) is 41.2. The Morgan fingerprint density at radius 1 is 0.552 bits per heavy atom. The summed E-state index contributed by atoms with van der Waals surface area (Å²) in [4.78, 5) is 135. The predicted octanol–water partition coefficient (Wildman–Crippen LogP) is 2.73. The zero-order valence-electron chi connectivity index (χ0n) is 51.0. The number of piperazine rings is 2. The highest BCUT2D eigenvalue weighted by Gasteiger charge is 2.46. The number of amides is 10. The molecule has 2 aromatic carbocycles. The van der Waals surface area contributed by atoms with Gasteiger partial charge in [0.15, 0.2) is 0 Å². The van der Waals surface area contributed by atoms with E-state index < -0.39 is 70.5 Å². The topological polar surface area (TPSA) is 285 Å². The number of alkyl halides is 1. The summed E-state index contributed by atoms with van der Waals surface area (Å²) in [5.74, 6) is -2.79. The van der Waals surface area contributed by atoms with Gasteiger partial charge in [0.1, 0.15) is 48.0 Å². The summed E-state index contributed by atoms with van der Waals surface area (Å²) in [6.07, 6.45) is 0.257. The number of fused-ring (bicyclic) bond motifs is 2. The molecule has 0 aromatic heterocycles. The smallest absolute Gasteiger partial charge is 0.410 e. The van der Waals surface area contributed by atoms with Crippen LogP contribution in [0.1, 0.15) is 123 Å². The number of carbonyl (C=O) groups is 10. The summed E-state index contributed by atoms with van der Waals surface area (Å²) in [7, 11) is 0. The molecule has 27 heteroatoms. The number of carbonyl (C=O) groups excluding carboxylic acids is 10. The number of hydrogen-bond donors (Lipinski definition) is 3. The fourth-order valence-electron chi connectivity index (χ4n) is 11.1. The second-order valence-electron chi connectivity index (χ2n) is 24.8. The minimum absolute atomic E-state index is 0.0742. The van der Waals surface area contributed by atoms with Crippen LogP contribution in [-0.4, -0.2) is 259 Å². The van der Waals surface area contributed by atoms with Crippen molar-refractivity contribution in [2.75, 3.05) is 117 Å². The molecule has 6 fully saturated rings. The summed E-state index contributed by atoms with van der Waals surface area (Å²) in [6.45, 7) is 27.5. The molecule has 0 radical (unpaired) electrons. The van der Waals surface area contributed by atoms with Gasteiger partial charge in [-0.2, -0.15) is 0 Å². The molecule has 0 saturated carbocycles. The fraction of sp³-hybridized carbons (Fsp3) is 0.633. The number of imide groups is 4. The van der Waals surface area contributed by atoms with Crippen LogP contribution >= 0.6 is 11.6 Å². The zero-order valence-corrected chi connectivity index (χ0v) is 51.8. The Morgan fingerprint density at radius 3 is 1.43 bits per heavy atom. The van der Waals surface area contributed by atoms with Crippen LogP contribution in [0.15, 0.2) is 36.4 Å². The van der Waals surface area contributed by atoms with Gasteiger partial charge in [0.25, 0.3) is 23.6 Å². The average Bonchev–Trinajstić information content (AvgIpc) is 1.65. The van der Waals surface area contributed by atoms with Crippen molar-refractivity contribution < 1.29 is 76.4 Å². The van der Waals surface area contributed by atoms with Gasteiger partial charge >= 0.3 is 12.2 Å². The van der Waals surface area contributed by atoms with Gasteiger partial charge in [-0.25, -0.2) is 9.59 Å². The van der Waals surface area contributed by atoms with E-state index in [1.807, 2.05) is 41.5 Å². The predicted molar refractivity (Wildman–Crippen MR) is 314 cm³/mol.